The van der Waals surface area contributed by atoms with E-state index >= 15 is 0 Å². The molecule has 7 nitrogen and oxygen atoms in total. The zero-order valence-electron chi connectivity index (χ0n) is 16.2. The topological polar surface area (TPSA) is 77.5 Å². The molecule has 1 aliphatic heterocycles. The number of nitrogens with one attached hydrogen (secondary N) is 3. The summed E-state index contributed by atoms with van der Waals surface area (Å²) in [4.78, 5) is 13.9. The average Bonchev–Trinajstić information content (AvgIpc) is 2.65. The fraction of sp³-hybridized carbons (Fsp3) is 0.706. The molecule has 0 aliphatic carbocycles. The summed E-state index contributed by atoms with van der Waals surface area (Å²) in [6.45, 7) is 6.34. The number of nitrogens with zero attached hydrogens (tertiary/aromatic N) is 4. The molecular weight excluding hydrogens is 486 g/mol. The van der Waals surface area contributed by atoms with Crippen molar-refractivity contribution in [2.45, 2.75) is 38.4 Å². The molecule has 0 spiro atoms. The first kappa shape index (κ1) is 24.7. The van der Waals surface area contributed by atoms with E-state index < -0.39 is 11.9 Å². The summed E-state index contributed by atoms with van der Waals surface area (Å²) < 4.78 is 37.9. The van der Waals surface area contributed by atoms with Crippen molar-refractivity contribution in [3.63, 3.8) is 0 Å². The van der Waals surface area contributed by atoms with Gasteiger partial charge in [-0.15, -0.1) is 24.0 Å². The normalized spacial score (nSPS) is 16.4. The molecule has 0 radical (unpaired) electrons. The second-order valence-corrected chi connectivity index (χ2v) is 6.45. The fourth-order valence-corrected chi connectivity index (χ4v) is 2.96. The molecule has 28 heavy (non-hydrogen) atoms. The van der Waals surface area contributed by atoms with Gasteiger partial charge in [0.05, 0.1) is 0 Å². The number of guanidine groups is 1. The van der Waals surface area contributed by atoms with E-state index in [0.717, 1.165) is 44.7 Å². The van der Waals surface area contributed by atoms with E-state index in [0.29, 0.717) is 25.1 Å². The standard InChI is InChI=1S/C17H28F3N7.HI/c1-3-10-27-11-5-13(6-12-27)25-15(21-2)23-8-9-24-16-22-7-4-14(26-16)17(18,19)20;/h4,7,13H,3,5-6,8-12H2,1-2H3,(H2,21,23,25)(H,22,24,26);1H. The van der Waals surface area contributed by atoms with Crippen molar-refractivity contribution in [3.8, 4) is 0 Å². The SMILES string of the molecule is CCCN1CCC(NC(=NC)NCCNc2nccc(C(F)(F)F)n2)CC1.I. The maximum atomic E-state index is 12.6. The zero-order valence-corrected chi connectivity index (χ0v) is 18.6. The second kappa shape index (κ2) is 12.2. The molecule has 1 aromatic rings. The van der Waals surface area contributed by atoms with E-state index in [-0.39, 0.29) is 29.9 Å². The predicted molar refractivity (Wildman–Crippen MR) is 115 cm³/mol. The molecule has 0 saturated carbocycles. The lowest BCUT2D eigenvalue weighted by molar-refractivity contribution is -0.141. The monoisotopic (exact) mass is 515 g/mol. The van der Waals surface area contributed by atoms with Crippen molar-refractivity contribution in [1.29, 1.82) is 0 Å². The molecule has 1 fully saturated rings. The van der Waals surface area contributed by atoms with Gasteiger partial charge >= 0.3 is 6.18 Å². The first-order valence-corrected chi connectivity index (χ1v) is 9.26. The van der Waals surface area contributed by atoms with E-state index in [1.807, 2.05) is 0 Å². The highest BCUT2D eigenvalue weighted by Gasteiger charge is 2.32. The molecule has 1 aromatic heterocycles. The number of rotatable bonds is 7. The maximum Gasteiger partial charge on any atom is 0.433 e. The summed E-state index contributed by atoms with van der Waals surface area (Å²) in [5, 5.41) is 9.34. The Hall–Kier alpha value is -1.37. The van der Waals surface area contributed by atoms with Crippen LogP contribution in [0.2, 0.25) is 0 Å². The number of anilines is 1. The Morgan fingerprint density at radius 1 is 1.29 bits per heavy atom. The first-order valence-electron chi connectivity index (χ1n) is 9.26. The van der Waals surface area contributed by atoms with Crippen LogP contribution in [-0.4, -0.2) is 66.6 Å². The van der Waals surface area contributed by atoms with Crippen LogP contribution in [0.25, 0.3) is 0 Å². The molecule has 0 aromatic carbocycles. The molecule has 1 saturated heterocycles. The van der Waals surface area contributed by atoms with Gasteiger partial charge in [0.25, 0.3) is 0 Å². The number of piperidine rings is 1. The van der Waals surface area contributed by atoms with Crippen LogP contribution in [-0.2, 0) is 6.18 Å². The summed E-state index contributed by atoms with van der Waals surface area (Å²) in [6.07, 6.45) is -0.0782. The van der Waals surface area contributed by atoms with Gasteiger partial charge in [-0.1, -0.05) is 6.92 Å². The lowest BCUT2D eigenvalue weighted by Crippen LogP contribution is -2.49. The van der Waals surface area contributed by atoms with E-state index in [9.17, 15) is 13.2 Å². The molecule has 2 heterocycles. The maximum absolute atomic E-state index is 12.6. The summed E-state index contributed by atoms with van der Waals surface area (Å²) in [6, 6.07) is 1.23. The Labute approximate surface area is 181 Å². The summed E-state index contributed by atoms with van der Waals surface area (Å²) in [5.41, 5.74) is -0.958. The van der Waals surface area contributed by atoms with Crippen molar-refractivity contribution in [1.82, 2.24) is 25.5 Å². The van der Waals surface area contributed by atoms with Crippen molar-refractivity contribution >= 4 is 35.9 Å². The van der Waals surface area contributed by atoms with Crippen molar-refractivity contribution < 1.29 is 13.2 Å². The molecule has 0 atom stereocenters. The number of aromatic nitrogens is 2. The van der Waals surface area contributed by atoms with Crippen LogP contribution < -0.4 is 16.0 Å². The summed E-state index contributed by atoms with van der Waals surface area (Å²) in [5.74, 6) is 0.647. The second-order valence-electron chi connectivity index (χ2n) is 6.45. The van der Waals surface area contributed by atoms with Crippen molar-refractivity contribution in [2.75, 3.05) is 45.1 Å². The number of hydrogen-bond donors (Lipinski definition) is 3. The third-order valence-electron chi connectivity index (χ3n) is 4.34. The van der Waals surface area contributed by atoms with Crippen molar-refractivity contribution in [2.24, 2.45) is 4.99 Å². The van der Waals surface area contributed by atoms with Gasteiger partial charge in [-0.25, -0.2) is 9.97 Å². The van der Waals surface area contributed by atoms with Gasteiger partial charge in [-0.3, -0.25) is 4.99 Å². The number of likely N-dealkylation sites (tertiary alicyclic amines) is 1. The molecule has 1 aliphatic rings. The van der Waals surface area contributed by atoms with Crippen LogP contribution in [0.1, 0.15) is 31.9 Å². The minimum Gasteiger partial charge on any atom is -0.355 e. The molecule has 0 amide bonds. The number of aliphatic imine (C=N–C) groups is 1. The molecule has 160 valence electrons. The number of alkyl halides is 3. The van der Waals surface area contributed by atoms with Crippen LogP contribution in [0, 0.1) is 0 Å². The molecule has 3 N–H and O–H groups in total. The Morgan fingerprint density at radius 2 is 2.00 bits per heavy atom. The van der Waals surface area contributed by atoms with Crippen LogP contribution in [0.3, 0.4) is 0 Å². The minimum atomic E-state index is -4.48. The van der Waals surface area contributed by atoms with Gasteiger partial charge in [0, 0.05) is 45.5 Å². The number of halogens is 4. The Morgan fingerprint density at radius 3 is 2.61 bits per heavy atom. The first-order chi connectivity index (χ1) is 12.9. The van der Waals surface area contributed by atoms with E-state index in [2.05, 4.69) is 42.7 Å². The van der Waals surface area contributed by atoms with E-state index in [1.165, 1.54) is 6.42 Å². The lowest BCUT2D eigenvalue weighted by Gasteiger charge is -2.32. The molecule has 0 bridgehead atoms. The van der Waals surface area contributed by atoms with Crippen LogP contribution in [0.15, 0.2) is 17.3 Å². The van der Waals surface area contributed by atoms with Crippen LogP contribution >= 0.6 is 24.0 Å². The average molecular weight is 515 g/mol. The molecule has 11 heteroatoms. The highest BCUT2D eigenvalue weighted by Crippen LogP contribution is 2.27. The largest absolute Gasteiger partial charge is 0.433 e. The zero-order chi connectivity index (χ0) is 19.7. The van der Waals surface area contributed by atoms with E-state index in [4.69, 9.17) is 0 Å². The van der Waals surface area contributed by atoms with Gasteiger partial charge < -0.3 is 20.9 Å². The van der Waals surface area contributed by atoms with Gasteiger partial charge in [0.2, 0.25) is 5.95 Å². The Bertz CT molecular complexity index is 605. The minimum absolute atomic E-state index is 0. The predicted octanol–water partition coefficient (Wildman–Crippen LogP) is 2.56. The van der Waals surface area contributed by atoms with E-state index in [1.54, 1.807) is 7.05 Å². The van der Waals surface area contributed by atoms with Crippen molar-refractivity contribution in [3.05, 3.63) is 18.0 Å². The molecule has 0 unspecified atom stereocenters. The highest BCUT2D eigenvalue weighted by molar-refractivity contribution is 14.0. The fourth-order valence-electron chi connectivity index (χ4n) is 2.96. The quantitative estimate of drug-likeness (QED) is 0.224. The third kappa shape index (κ3) is 8.33. The summed E-state index contributed by atoms with van der Waals surface area (Å²) in [7, 11) is 1.70. The van der Waals surface area contributed by atoms with Gasteiger partial charge in [0.15, 0.2) is 5.96 Å². The van der Waals surface area contributed by atoms with Gasteiger partial charge in [-0.05, 0) is 31.9 Å². The Kier molecular flexibility index (Phi) is 10.8. The number of hydrogen-bond acceptors (Lipinski definition) is 5. The lowest BCUT2D eigenvalue weighted by atomic mass is 10.1. The van der Waals surface area contributed by atoms with Gasteiger partial charge in [-0.2, -0.15) is 13.2 Å². The molecule has 2 rings (SSSR count). The van der Waals surface area contributed by atoms with Crippen LogP contribution in [0.5, 0.6) is 0 Å². The Balaban J connectivity index is 0.00000392. The smallest absolute Gasteiger partial charge is 0.355 e. The summed E-state index contributed by atoms with van der Waals surface area (Å²) >= 11 is 0. The third-order valence-corrected chi connectivity index (χ3v) is 4.34. The molecular formula is C17H29F3IN7. The van der Waals surface area contributed by atoms with Gasteiger partial charge in [0.1, 0.15) is 5.69 Å². The van der Waals surface area contributed by atoms with Crippen LogP contribution in [0.4, 0.5) is 19.1 Å². The highest BCUT2D eigenvalue weighted by atomic mass is 127.